The molecule has 0 aliphatic heterocycles. The first-order valence-corrected chi connectivity index (χ1v) is 7.57. The van der Waals surface area contributed by atoms with Gasteiger partial charge in [-0.05, 0) is 32.9 Å². The average Bonchev–Trinajstić information content (AvgIpc) is 2.55. The number of carbonyl (C=O) groups is 1. The second-order valence-corrected chi connectivity index (χ2v) is 6.13. The van der Waals surface area contributed by atoms with Gasteiger partial charge in [-0.15, -0.1) is 0 Å². The van der Waals surface area contributed by atoms with Crippen molar-refractivity contribution in [3.05, 3.63) is 51.5 Å². The molecule has 134 valence electrons. The lowest BCUT2D eigenvalue weighted by molar-refractivity contribution is 0.101. The number of Topliss-reactive ketones (excluding diaryl/α,β-unsaturated/α-hetero) is 1. The van der Waals surface area contributed by atoms with E-state index in [-0.39, 0.29) is 29.2 Å². The first-order chi connectivity index (χ1) is 11.7. The Labute approximate surface area is 143 Å². The van der Waals surface area contributed by atoms with E-state index in [1.165, 1.54) is 20.2 Å². The van der Waals surface area contributed by atoms with Crippen LogP contribution in [0, 0.1) is 5.82 Å². The van der Waals surface area contributed by atoms with Gasteiger partial charge in [0.15, 0.2) is 5.78 Å². The van der Waals surface area contributed by atoms with Crippen molar-refractivity contribution < 1.29 is 19.0 Å². The van der Waals surface area contributed by atoms with E-state index >= 15 is 0 Å². The van der Waals surface area contributed by atoms with Crippen molar-refractivity contribution >= 4 is 5.78 Å². The molecule has 0 spiro atoms. The van der Waals surface area contributed by atoms with Crippen LogP contribution in [-0.4, -0.2) is 28.0 Å². The smallest absolute Gasteiger partial charge is 0.293 e. The fourth-order valence-electron chi connectivity index (χ4n) is 2.30. The zero-order valence-electron chi connectivity index (χ0n) is 14.4. The summed E-state index contributed by atoms with van der Waals surface area (Å²) >= 11 is 0. The SMILES string of the molecule is COc1cnc(C(C)(C)NCc2cc(F)cc(C(C)=O)c2O)[nH]c1=O. The Balaban J connectivity index is 2.27. The fourth-order valence-corrected chi connectivity index (χ4v) is 2.30. The Morgan fingerprint density at radius 1 is 1.44 bits per heavy atom. The van der Waals surface area contributed by atoms with Crippen molar-refractivity contribution in [3.8, 4) is 11.5 Å². The summed E-state index contributed by atoms with van der Waals surface area (Å²) in [6, 6.07) is 2.14. The number of ketones is 1. The first kappa shape index (κ1) is 18.6. The number of aromatic amines is 1. The van der Waals surface area contributed by atoms with E-state index in [1.807, 2.05) is 0 Å². The number of carbonyl (C=O) groups excluding carboxylic acids is 1. The normalized spacial score (nSPS) is 11.4. The number of hydrogen-bond donors (Lipinski definition) is 3. The Morgan fingerprint density at radius 2 is 2.12 bits per heavy atom. The number of halogens is 1. The Bertz CT molecular complexity index is 861. The van der Waals surface area contributed by atoms with Gasteiger partial charge in [-0.2, -0.15) is 0 Å². The fraction of sp³-hybridized carbons (Fsp3) is 0.353. The molecule has 0 bridgehead atoms. The second kappa shape index (κ2) is 7.02. The van der Waals surface area contributed by atoms with Gasteiger partial charge in [-0.25, -0.2) is 9.37 Å². The van der Waals surface area contributed by atoms with Crippen LogP contribution in [0.1, 0.15) is 42.5 Å². The molecule has 0 amide bonds. The molecule has 3 N–H and O–H groups in total. The molecule has 0 saturated heterocycles. The highest BCUT2D eigenvalue weighted by atomic mass is 19.1. The van der Waals surface area contributed by atoms with E-state index in [2.05, 4.69) is 15.3 Å². The predicted octanol–water partition coefficient (Wildman–Crippen LogP) is 1.85. The second-order valence-electron chi connectivity index (χ2n) is 6.13. The number of phenolic OH excluding ortho intramolecular Hbond substituents is 1. The molecule has 1 heterocycles. The van der Waals surface area contributed by atoms with Crippen molar-refractivity contribution in [1.82, 2.24) is 15.3 Å². The van der Waals surface area contributed by atoms with Gasteiger partial charge in [0, 0.05) is 12.1 Å². The van der Waals surface area contributed by atoms with Crippen molar-refractivity contribution in [2.75, 3.05) is 7.11 Å². The summed E-state index contributed by atoms with van der Waals surface area (Å²) in [5.41, 5.74) is -1.06. The van der Waals surface area contributed by atoms with Gasteiger partial charge >= 0.3 is 0 Å². The van der Waals surface area contributed by atoms with Gasteiger partial charge in [0.25, 0.3) is 5.56 Å². The van der Waals surface area contributed by atoms with Crippen LogP contribution in [0.25, 0.3) is 0 Å². The third kappa shape index (κ3) is 4.03. The summed E-state index contributed by atoms with van der Waals surface area (Å²) in [7, 11) is 1.37. The molecule has 0 aliphatic rings. The van der Waals surface area contributed by atoms with Gasteiger partial charge in [0.1, 0.15) is 17.4 Å². The summed E-state index contributed by atoms with van der Waals surface area (Å²) in [6.07, 6.45) is 1.31. The standard InChI is InChI=1S/C17H20FN3O4/c1-9(22)12-6-11(18)5-10(14(12)23)7-20-17(2,3)16-19-8-13(25-4)15(24)21-16/h5-6,8,20,23H,7H2,1-4H3,(H,19,21,24). The summed E-state index contributed by atoms with van der Waals surface area (Å²) in [5.74, 6) is -0.880. The molecule has 25 heavy (non-hydrogen) atoms. The van der Waals surface area contributed by atoms with Crippen LogP contribution in [0.3, 0.4) is 0 Å². The zero-order valence-corrected chi connectivity index (χ0v) is 14.4. The number of nitrogens with zero attached hydrogens (tertiary/aromatic N) is 1. The van der Waals surface area contributed by atoms with Gasteiger partial charge in [0.05, 0.1) is 24.4 Å². The van der Waals surface area contributed by atoms with Crippen LogP contribution >= 0.6 is 0 Å². The molecule has 1 aromatic heterocycles. The molecule has 0 aliphatic carbocycles. The van der Waals surface area contributed by atoms with Crippen LogP contribution in [0.15, 0.2) is 23.1 Å². The molecular weight excluding hydrogens is 329 g/mol. The molecule has 7 nitrogen and oxygen atoms in total. The van der Waals surface area contributed by atoms with Gasteiger partial charge < -0.3 is 20.1 Å². The number of methoxy groups -OCH3 is 1. The molecule has 0 atom stereocenters. The maximum absolute atomic E-state index is 13.7. The minimum absolute atomic E-state index is 0.0621. The summed E-state index contributed by atoms with van der Waals surface area (Å²) in [5, 5.41) is 13.2. The molecule has 0 saturated carbocycles. The number of aromatic hydroxyl groups is 1. The van der Waals surface area contributed by atoms with Crippen molar-refractivity contribution in [1.29, 1.82) is 0 Å². The third-order valence-corrected chi connectivity index (χ3v) is 3.83. The highest BCUT2D eigenvalue weighted by Gasteiger charge is 2.24. The molecule has 0 fully saturated rings. The number of benzene rings is 1. The zero-order chi connectivity index (χ0) is 18.8. The van der Waals surface area contributed by atoms with Crippen LogP contribution in [0.4, 0.5) is 4.39 Å². The van der Waals surface area contributed by atoms with E-state index in [0.29, 0.717) is 5.82 Å². The highest BCUT2D eigenvalue weighted by molar-refractivity contribution is 5.97. The summed E-state index contributed by atoms with van der Waals surface area (Å²) in [4.78, 5) is 30.1. The van der Waals surface area contributed by atoms with Crippen molar-refractivity contribution in [3.63, 3.8) is 0 Å². The number of nitrogens with one attached hydrogen (secondary N) is 2. The number of aromatic nitrogens is 2. The number of phenols is 1. The lowest BCUT2D eigenvalue weighted by Crippen LogP contribution is -2.39. The maximum Gasteiger partial charge on any atom is 0.293 e. The number of rotatable bonds is 6. The largest absolute Gasteiger partial charge is 0.507 e. The highest BCUT2D eigenvalue weighted by Crippen LogP contribution is 2.26. The van der Waals surface area contributed by atoms with E-state index in [9.17, 15) is 19.1 Å². The topological polar surface area (TPSA) is 104 Å². The van der Waals surface area contributed by atoms with Gasteiger partial charge in [-0.3, -0.25) is 9.59 Å². The molecular formula is C17H20FN3O4. The summed E-state index contributed by atoms with van der Waals surface area (Å²) < 4.78 is 18.6. The van der Waals surface area contributed by atoms with Gasteiger partial charge in [-0.1, -0.05) is 0 Å². The molecule has 0 unspecified atom stereocenters. The Hall–Kier alpha value is -2.74. The molecule has 2 aromatic rings. The van der Waals surface area contributed by atoms with E-state index in [0.717, 1.165) is 12.1 Å². The van der Waals surface area contributed by atoms with Crippen molar-refractivity contribution in [2.45, 2.75) is 32.9 Å². The molecule has 8 heteroatoms. The number of ether oxygens (including phenoxy) is 1. The van der Waals surface area contributed by atoms with Crippen molar-refractivity contribution in [2.24, 2.45) is 0 Å². The van der Waals surface area contributed by atoms with E-state index in [1.54, 1.807) is 13.8 Å². The minimum atomic E-state index is -0.791. The lowest BCUT2D eigenvalue weighted by Gasteiger charge is -2.25. The maximum atomic E-state index is 13.7. The molecule has 0 radical (unpaired) electrons. The molecule has 1 aromatic carbocycles. The first-order valence-electron chi connectivity index (χ1n) is 7.57. The predicted molar refractivity (Wildman–Crippen MR) is 89.3 cm³/mol. The monoisotopic (exact) mass is 349 g/mol. The number of hydrogen-bond acceptors (Lipinski definition) is 6. The van der Waals surface area contributed by atoms with Crippen LogP contribution in [0.2, 0.25) is 0 Å². The third-order valence-electron chi connectivity index (χ3n) is 3.83. The van der Waals surface area contributed by atoms with Gasteiger partial charge in [0.2, 0.25) is 5.75 Å². The molecule has 2 rings (SSSR count). The van der Waals surface area contributed by atoms with E-state index < -0.39 is 22.7 Å². The summed E-state index contributed by atoms with van der Waals surface area (Å²) in [6.45, 7) is 4.84. The Kier molecular flexibility index (Phi) is 5.22. The lowest BCUT2D eigenvalue weighted by atomic mass is 10.0. The van der Waals surface area contributed by atoms with Crippen LogP contribution in [-0.2, 0) is 12.1 Å². The van der Waals surface area contributed by atoms with Crippen LogP contribution in [0.5, 0.6) is 11.5 Å². The van der Waals surface area contributed by atoms with Crippen LogP contribution < -0.4 is 15.6 Å². The average molecular weight is 349 g/mol. The number of H-pyrrole nitrogens is 1. The Morgan fingerprint density at radius 3 is 2.68 bits per heavy atom. The minimum Gasteiger partial charge on any atom is -0.507 e. The quantitative estimate of drug-likeness (QED) is 0.688. The van der Waals surface area contributed by atoms with E-state index in [4.69, 9.17) is 4.74 Å².